The zero-order chi connectivity index (χ0) is 12.4. The molecule has 0 unspecified atom stereocenters. The predicted octanol–water partition coefficient (Wildman–Crippen LogP) is 2.68. The van der Waals surface area contributed by atoms with Crippen LogP contribution in [0.25, 0.3) is 0 Å². The van der Waals surface area contributed by atoms with E-state index in [-0.39, 0.29) is 0 Å². The third-order valence-electron chi connectivity index (χ3n) is 3.67. The third-order valence-corrected chi connectivity index (χ3v) is 3.67. The summed E-state index contributed by atoms with van der Waals surface area (Å²) in [5.74, 6) is 1.09. The van der Waals surface area contributed by atoms with Crippen LogP contribution >= 0.6 is 0 Å². The Labute approximate surface area is 109 Å². The van der Waals surface area contributed by atoms with Gasteiger partial charge in [-0.2, -0.15) is 0 Å². The number of nitrogens with zero attached hydrogens (tertiary/aromatic N) is 1. The molecule has 2 heterocycles. The molecular weight excluding hydrogens is 224 g/mol. The van der Waals surface area contributed by atoms with Gasteiger partial charge in [0.05, 0.1) is 12.8 Å². The lowest BCUT2D eigenvalue weighted by atomic mass is 10.1. The molecule has 0 amide bonds. The van der Waals surface area contributed by atoms with Crippen molar-refractivity contribution < 1.29 is 4.42 Å². The number of hydrogen-bond acceptors (Lipinski definition) is 3. The van der Waals surface area contributed by atoms with Gasteiger partial charge >= 0.3 is 0 Å². The van der Waals surface area contributed by atoms with Crippen molar-refractivity contribution in [2.24, 2.45) is 0 Å². The first kappa shape index (κ1) is 12.0. The number of nitrogens with one attached hydrogen (secondary N) is 1. The van der Waals surface area contributed by atoms with Crippen LogP contribution in [0.4, 0.5) is 0 Å². The maximum absolute atomic E-state index is 5.65. The van der Waals surface area contributed by atoms with Crippen molar-refractivity contribution in [2.75, 3.05) is 13.1 Å². The molecule has 18 heavy (non-hydrogen) atoms. The number of furan rings is 1. The lowest BCUT2D eigenvalue weighted by molar-refractivity contribution is 0.258. The summed E-state index contributed by atoms with van der Waals surface area (Å²) < 4.78 is 5.65. The van der Waals surface area contributed by atoms with Crippen LogP contribution < -0.4 is 5.32 Å². The van der Waals surface area contributed by atoms with Gasteiger partial charge in [0.25, 0.3) is 0 Å². The maximum atomic E-state index is 5.65. The molecule has 1 saturated carbocycles. The molecule has 0 atom stereocenters. The van der Waals surface area contributed by atoms with Crippen LogP contribution in [-0.2, 0) is 13.1 Å². The van der Waals surface area contributed by atoms with Crippen molar-refractivity contribution in [3.05, 3.63) is 35.3 Å². The first-order valence-electron chi connectivity index (χ1n) is 6.97. The Bertz CT molecular complexity index is 431. The highest BCUT2D eigenvalue weighted by molar-refractivity contribution is 5.14. The second-order valence-electron chi connectivity index (χ2n) is 5.63. The van der Waals surface area contributed by atoms with Crippen LogP contribution in [-0.4, -0.2) is 24.0 Å². The average molecular weight is 246 g/mol. The maximum Gasteiger partial charge on any atom is 0.118 e. The normalized spacial score (nSPS) is 21.1. The van der Waals surface area contributed by atoms with E-state index in [0.717, 1.165) is 38.0 Å². The molecule has 3 rings (SSSR count). The fourth-order valence-corrected chi connectivity index (χ4v) is 2.50. The van der Waals surface area contributed by atoms with E-state index in [9.17, 15) is 0 Å². The van der Waals surface area contributed by atoms with Crippen LogP contribution in [0.1, 0.15) is 37.5 Å². The minimum atomic E-state index is 0.762. The molecular formula is C15H22N2O. The predicted molar refractivity (Wildman–Crippen MR) is 72.2 cm³/mol. The van der Waals surface area contributed by atoms with Crippen LogP contribution in [0.3, 0.4) is 0 Å². The number of rotatable bonds is 5. The Balaban J connectivity index is 1.51. The molecule has 0 saturated heterocycles. The second kappa shape index (κ2) is 5.29. The monoisotopic (exact) mass is 246 g/mol. The molecule has 1 aromatic rings. The Morgan fingerprint density at radius 1 is 1.44 bits per heavy atom. The van der Waals surface area contributed by atoms with Crippen LogP contribution in [0, 0.1) is 0 Å². The van der Waals surface area contributed by atoms with E-state index in [1.165, 1.54) is 30.4 Å². The van der Waals surface area contributed by atoms with Gasteiger partial charge in [0, 0.05) is 31.2 Å². The zero-order valence-electron chi connectivity index (χ0n) is 11.1. The van der Waals surface area contributed by atoms with Gasteiger partial charge in [0.2, 0.25) is 0 Å². The SMILES string of the molecule is CC1=CCCN(Cc2cc(CNC3CC3)co2)C1. The Morgan fingerprint density at radius 2 is 2.33 bits per heavy atom. The summed E-state index contributed by atoms with van der Waals surface area (Å²) in [6, 6.07) is 2.96. The lowest BCUT2D eigenvalue weighted by Crippen LogP contribution is -2.28. The quantitative estimate of drug-likeness (QED) is 0.810. The minimum absolute atomic E-state index is 0.762. The molecule has 0 radical (unpaired) electrons. The molecule has 0 spiro atoms. The highest BCUT2D eigenvalue weighted by Gasteiger charge is 2.20. The molecule has 0 aromatic carbocycles. The molecule has 1 aliphatic carbocycles. The van der Waals surface area contributed by atoms with Gasteiger partial charge in [0.1, 0.15) is 5.76 Å². The fourth-order valence-electron chi connectivity index (χ4n) is 2.50. The Morgan fingerprint density at radius 3 is 3.11 bits per heavy atom. The van der Waals surface area contributed by atoms with Crippen molar-refractivity contribution >= 4 is 0 Å². The molecule has 1 aromatic heterocycles. The summed E-state index contributed by atoms with van der Waals surface area (Å²) in [7, 11) is 0. The summed E-state index contributed by atoms with van der Waals surface area (Å²) in [5, 5.41) is 3.51. The van der Waals surface area contributed by atoms with Crippen LogP contribution in [0.15, 0.2) is 28.4 Å². The molecule has 3 heteroatoms. The lowest BCUT2D eigenvalue weighted by Gasteiger charge is -2.24. The van der Waals surface area contributed by atoms with Gasteiger partial charge in [-0.15, -0.1) is 0 Å². The van der Waals surface area contributed by atoms with Gasteiger partial charge in [0.15, 0.2) is 0 Å². The van der Waals surface area contributed by atoms with Crippen molar-refractivity contribution in [2.45, 2.75) is 45.3 Å². The zero-order valence-corrected chi connectivity index (χ0v) is 11.1. The minimum Gasteiger partial charge on any atom is -0.468 e. The molecule has 1 fully saturated rings. The van der Waals surface area contributed by atoms with Crippen LogP contribution in [0.5, 0.6) is 0 Å². The van der Waals surface area contributed by atoms with Gasteiger partial charge in [-0.25, -0.2) is 0 Å². The third kappa shape index (κ3) is 3.24. The van der Waals surface area contributed by atoms with Crippen molar-refractivity contribution in [1.82, 2.24) is 10.2 Å². The van der Waals surface area contributed by atoms with E-state index in [1.807, 2.05) is 6.26 Å². The average Bonchev–Trinajstić information content (AvgIpc) is 3.08. The summed E-state index contributed by atoms with van der Waals surface area (Å²) in [4.78, 5) is 2.45. The van der Waals surface area contributed by atoms with E-state index in [2.05, 4.69) is 29.3 Å². The summed E-state index contributed by atoms with van der Waals surface area (Å²) in [6.45, 7) is 6.32. The van der Waals surface area contributed by atoms with Crippen molar-refractivity contribution in [3.8, 4) is 0 Å². The van der Waals surface area contributed by atoms with Gasteiger partial charge in [-0.1, -0.05) is 11.6 Å². The summed E-state index contributed by atoms with van der Waals surface area (Å²) in [6.07, 6.45) is 8.08. The van der Waals surface area contributed by atoms with E-state index in [4.69, 9.17) is 4.42 Å². The smallest absolute Gasteiger partial charge is 0.118 e. The highest BCUT2D eigenvalue weighted by atomic mass is 16.3. The first-order chi connectivity index (χ1) is 8.79. The topological polar surface area (TPSA) is 28.4 Å². The first-order valence-corrected chi connectivity index (χ1v) is 6.97. The fraction of sp³-hybridized carbons (Fsp3) is 0.600. The van der Waals surface area contributed by atoms with Gasteiger partial charge in [-0.3, -0.25) is 4.90 Å². The molecule has 3 nitrogen and oxygen atoms in total. The summed E-state index contributed by atoms with van der Waals surface area (Å²) in [5.41, 5.74) is 2.75. The van der Waals surface area contributed by atoms with Crippen molar-refractivity contribution in [3.63, 3.8) is 0 Å². The van der Waals surface area contributed by atoms with Crippen LogP contribution in [0.2, 0.25) is 0 Å². The Hall–Kier alpha value is -1.06. The standard InChI is InChI=1S/C15H22N2O/c1-12-3-2-6-17(9-12)10-15-7-13(11-18-15)8-16-14-4-5-14/h3,7,11,14,16H,2,4-6,8-10H2,1H3. The number of hydrogen-bond donors (Lipinski definition) is 1. The van der Waals surface area contributed by atoms with Crippen molar-refractivity contribution in [1.29, 1.82) is 0 Å². The van der Waals surface area contributed by atoms with Gasteiger partial charge < -0.3 is 9.73 Å². The molecule has 2 aliphatic rings. The van der Waals surface area contributed by atoms with Gasteiger partial charge in [-0.05, 0) is 32.3 Å². The summed E-state index contributed by atoms with van der Waals surface area (Å²) >= 11 is 0. The molecule has 1 aliphatic heterocycles. The molecule has 0 bridgehead atoms. The Kier molecular flexibility index (Phi) is 3.52. The van der Waals surface area contributed by atoms with E-state index in [1.54, 1.807) is 0 Å². The van der Waals surface area contributed by atoms with E-state index in [0.29, 0.717) is 0 Å². The van der Waals surface area contributed by atoms with E-state index >= 15 is 0 Å². The second-order valence-corrected chi connectivity index (χ2v) is 5.63. The van der Waals surface area contributed by atoms with E-state index < -0.39 is 0 Å². The highest BCUT2D eigenvalue weighted by Crippen LogP contribution is 2.20. The molecule has 98 valence electrons. The molecule has 1 N–H and O–H groups in total. The largest absolute Gasteiger partial charge is 0.468 e.